The van der Waals surface area contributed by atoms with Crippen molar-refractivity contribution in [2.75, 3.05) is 12.8 Å². The molecular formula is C14H23N5O. The number of anilines is 1. The van der Waals surface area contributed by atoms with Crippen LogP contribution >= 0.6 is 0 Å². The maximum absolute atomic E-state index is 5.81. The number of aromatic nitrogens is 4. The Kier molecular flexibility index (Phi) is 4.54. The highest BCUT2D eigenvalue weighted by atomic mass is 16.5. The minimum absolute atomic E-state index is 0.0849. The van der Waals surface area contributed by atoms with Crippen LogP contribution in [0.3, 0.4) is 0 Å². The van der Waals surface area contributed by atoms with Gasteiger partial charge in [-0.15, -0.1) is 0 Å². The number of imidazole rings is 1. The Bertz CT molecular complexity index is 568. The normalized spacial score (nSPS) is 16.2. The molecule has 2 N–H and O–H groups in total. The van der Waals surface area contributed by atoms with Gasteiger partial charge in [-0.25, -0.2) is 15.0 Å². The molecular weight excluding hydrogens is 254 g/mol. The van der Waals surface area contributed by atoms with Crippen molar-refractivity contribution in [1.29, 1.82) is 0 Å². The van der Waals surface area contributed by atoms with Crippen LogP contribution in [0.25, 0.3) is 11.2 Å². The van der Waals surface area contributed by atoms with E-state index in [1.54, 1.807) is 13.4 Å². The lowest BCUT2D eigenvalue weighted by molar-refractivity contribution is 0.0212. The zero-order chi connectivity index (χ0) is 14.7. The summed E-state index contributed by atoms with van der Waals surface area (Å²) in [5, 5.41) is 0. The molecule has 0 aliphatic rings. The lowest BCUT2D eigenvalue weighted by Gasteiger charge is -2.24. The standard InChI is InChI=1S/C14H23N5O/c1-5-9(2)10(3)6-11(20-4)19-8-18-12-13(15)16-7-17-14(12)19/h7-11H,5-6H2,1-4H3,(H2,15,16,17). The molecule has 0 saturated carbocycles. The molecule has 0 saturated heterocycles. The molecule has 2 aromatic heterocycles. The molecule has 6 heteroatoms. The van der Waals surface area contributed by atoms with Gasteiger partial charge in [0.05, 0.1) is 6.33 Å². The molecule has 0 aliphatic heterocycles. The van der Waals surface area contributed by atoms with Crippen molar-refractivity contribution in [1.82, 2.24) is 19.5 Å². The van der Waals surface area contributed by atoms with E-state index in [2.05, 4.69) is 35.7 Å². The van der Waals surface area contributed by atoms with Crippen molar-refractivity contribution in [2.45, 2.75) is 39.8 Å². The summed E-state index contributed by atoms with van der Waals surface area (Å²) in [6.45, 7) is 6.73. The van der Waals surface area contributed by atoms with Gasteiger partial charge in [0, 0.05) is 7.11 Å². The van der Waals surface area contributed by atoms with E-state index in [-0.39, 0.29) is 6.23 Å². The molecule has 0 aromatic carbocycles. The van der Waals surface area contributed by atoms with Gasteiger partial charge in [0.15, 0.2) is 11.5 Å². The Morgan fingerprint density at radius 2 is 2.00 bits per heavy atom. The maximum Gasteiger partial charge on any atom is 0.167 e. The molecule has 20 heavy (non-hydrogen) atoms. The second-order valence-corrected chi connectivity index (χ2v) is 5.37. The number of hydrogen-bond donors (Lipinski definition) is 1. The van der Waals surface area contributed by atoms with E-state index in [4.69, 9.17) is 10.5 Å². The summed E-state index contributed by atoms with van der Waals surface area (Å²) in [5.74, 6) is 1.61. The molecule has 0 fully saturated rings. The summed E-state index contributed by atoms with van der Waals surface area (Å²) >= 11 is 0. The monoisotopic (exact) mass is 277 g/mol. The van der Waals surface area contributed by atoms with Crippen molar-refractivity contribution in [3.05, 3.63) is 12.7 Å². The maximum atomic E-state index is 5.81. The van der Waals surface area contributed by atoms with Crippen LogP contribution in [0.4, 0.5) is 5.82 Å². The zero-order valence-corrected chi connectivity index (χ0v) is 12.6. The fourth-order valence-electron chi connectivity index (χ4n) is 2.36. The summed E-state index contributed by atoms with van der Waals surface area (Å²) in [6, 6.07) is 0. The average molecular weight is 277 g/mol. The zero-order valence-electron chi connectivity index (χ0n) is 12.6. The Morgan fingerprint density at radius 1 is 1.25 bits per heavy atom. The van der Waals surface area contributed by atoms with Crippen molar-refractivity contribution in [3.63, 3.8) is 0 Å². The van der Waals surface area contributed by atoms with Gasteiger partial charge >= 0.3 is 0 Å². The number of methoxy groups -OCH3 is 1. The van der Waals surface area contributed by atoms with E-state index in [1.165, 1.54) is 6.33 Å². The Morgan fingerprint density at radius 3 is 2.65 bits per heavy atom. The van der Waals surface area contributed by atoms with Crippen molar-refractivity contribution >= 4 is 17.0 Å². The third-order valence-electron chi connectivity index (χ3n) is 4.16. The van der Waals surface area contributed by atoms with Crippen molar-refractivity contribution in [2.24, 2.45) is 11.8 Å². The van der Waals surface area contributed by atoms with Crippen LogP contribution in [0.2, 0.25) is 0 Å². The van der Waals surface area contributed by atoms with E-state index >= 15 is 0 Å². The first-order chi connectivity index (χ1) is 9.58. The van der Waals surface area contributed by atoms with Gasteiger partial charge < -0.3 is 10.5 Å². The van der Waals surface area contributed by atoms with Crippen molar-refractivity contribution < 1.29 is 4.74 Å². The molecule has 2 aromatic rings. The highest BCUT2D eigenvalue weighted by Crippen LogP contribution is 2.28. The lowest BCUT2D eigenvalue weighted by Crippen LogP contribution is -2.18. The number of ether oxygens (including phenoxy) is 1. The first-order valence-corrected chi connectivity index (χ1v) is 7.04. The third-order valence-corrected chi connectivity index (χ3v) is 4.16. The summed E-state index contributed by atoms with van der Waals surface area (Å²) < 4.78 is 7.57. The summed E-state index contributed by atoms with van der Waals surface area (Å²) in [6.07, 6.45) is 5.19. The van der Waals surface area contributed by atoms with Gasteiger partial charge in [0.25, 0.3) is 0 Å². The second kappa shape index (κ2) is 6.17. The highest BCUT2D eigenvalue weighted by Gasteiger charge is 2.21. The molecule has 0 radical (unpaired) electrons. The smallest absolute Gasteiger partial charge is 0.167 e. The lowest BCUT2D eigenvalue weighted by atomic mass is 9.90. The number of rotatable bonds is 6. The van der Waals surface area contributed by atoms with E-state index in [9.17, 15) is 0 Å². The van der Waals surface area contributed by atoms with Crippen LogP contribution in [0, 0.1) is 11.8 Å². The van der Waals surface area contributed by atoms with Gasteiger partial charge in [-0.05, 0) is 18.3 Å². The summed E-state index contributed by atoms with van der Waals surface area (Å²) in [4.78, 5) is 12.5. The molecule has 0 spiro atoms. The minimum atomic E-state index is -0.0849. The van der Waals surface area contributed by atoms with Gasteiger partial charge in [-0.3, -0.25) is 4.57 Å². The second-order valence-electron chi connectivity index (χ2n) is 5.37. The third kappa shape index (κ3) is 2.75. The topological polar surface area (TPSA) is 78.9 Å². The van der Waals surface area contributed by atoms with Gasteiger partial charge in [0.2, 0.25) is 0 Å². The fraction of sp³-hybridized carbons (Fsp3) is 0.643. The predicted octanol–water partition coefficient (Wildman–Crippen LogP) is 2.63. The Balaban J connectivity index is 2.28. The van der Waals surface area contributed by atoms with Crippen LogP contribution in [0.1, 0.15) is 39.8 Å². The van der Waals surface area contributed by atoms with Crippen molar-refractivity contribution in [3.8, 4) is 0 Å². The minimum Gasteiger partial charge on any atom is -0.382 e. The van der Waals surface area contributed by atoms with Crippen LogP contribution in [-0.2, 0) is 4.74 Å². The highest BCUT2D eigenvalue weighted by molar-refractivity contribution is 5.81. The Labute approximate surface area is 119 Å². The first kappa shape index (κ1) is 14.7. The quantitative estimate of drug-likeness (QED) is 0.878. The first-order valence-electron chi connectivity index (χ1n) is 7.04. The molecule has 2 heterocycles. The van der Waals surface area contributed by atoms with Gasteiger partial charge in [-0.2, -0.15) is 0 Å². The summed E-state index contributed by atoms with van der Waals surface area (Å²) in [5.41, 5.74) is 7.17. The largest absolute Gasteiger partial charge is 0.382 e. The molecule has 0 bridgehead atoms. The number of nitrogen functional groups attached to an aromatic ring is 1. The van der Waals surface area contributed by atoms with Gasteiger partial charge in [0.1, 0.15) is 18.1 Å². The molecule has 110 valence electrons. The SMILES string of the molecule is CCC(C)C(C)CC(OC)n1cnc2c(N)ncnc21. The number of fused-ring (bicyclic) bond motifs is 1. The number of nitrogens with two attached hydrogens (primary N) is 1. The van der Waals surface area contributed by atoms with Crippen LogP contribution in [0.5, 0.6) is 0 Å². The van der Waals surface area contributed by atoms with E-state index in [0.29, 0.717) is 23.2 Å². The van der Waals surface area contributed by atoms with Crippen LogP contribution in [-0.4, -0.2) is 26.6 Å². The summed E-state index contributed by atoms with van der Waals surface area (Å²) in [7, 11) is 1.71. The predicted molar refractivity (Wildman–Crippen MR) is 79.0 cm³/mol. The molecule has 3 unspecified atom stereocenters. The van der Waals surface area contributed by atoms with E-state index in [1.807, 2.05) is 4.57 Å². The molecule has 3 atom stereocenters. The van der Waals surface area contributed by atoms with Crippen LogP contribution < -0.4 is 5.73 Å². The van der Waals surface area contributed by atoms with Crippen LogP contribution in [0.15, 0.2) is 12.7 Å². The van der Waals surface area contributed by atoms with Gasteiger partial charge in [-0.1, -0.05) is 27.2 Å². The fourth-order valence-corrected chi connectivity index (χ4v) is 2.36. The Hall–Kier alpha value is -1.69. The molecule has 6 nitrogen and oxygen atoms in total. The molecule has 0 amide bonds. The average Bonchev–Trinajstić information content (AvgIpc) is 2.89. The number of nitrogens with zero attached hydrogens (tertiary/aromatic N) is 4. The number of hydrogen-bond acceptors (Lipinski definition) is 5. The molecule has 2 rings (SSSR count). The van der Waals surface area contributed by atoms with E-state index < -0.39 is 0 Å². The molecule has 0 aliphatic carbocycles. The van der Waals surface area contributed by atoms with E-state index in [0.717, 1.165) is 18.5 Å².